The third-order valence-electron chi connectivity index (χ3n) is 9.41. The fourth-order valence-electron chi connectivity index (χ4n) is 6.85. The van der Waals surface area contributed by atoms with Gasteiger partial charge in [-0.1, -0.05) is 41.7 Å². The van der Waals surface area contributed by atoms with Gasteiger partial charge < -0.3 is 20.1 Å². The summed E-state index contributed by atoms with van der Waals surface area (Å²) in [6.45, 7) is 5.96. The highest BCUT2D eigenvalue weighted by Crippen LogP contribution is 2.33. The molecule has 2 aliphatic rings. The van der Waals surface area contributed by atoms with Crippen molar-refractivity contribution in [3.8, 4) is 16.9 Å². The molecule has 0 saturated carbocycles. The summed E-state index contributed by atoms with van der Waals surface area (Å²) >= 11 is 1.44. The summed E-state index contributed by atoms with van der Waals surface area (Å²) in [5, 5.41) is 17.2. The molecule has 7 rings (SSSR count). The van der Waals surface area contributed by atoms with Crippen molar-refractivity contribution in [3.63, 3.8) is 0 Å². The van der Waals surface area contributed by atoms with Crippen LogP contribution in [0.15, 0.2) is 72.8 Å². The summed E-state index contributed by atoms with van der Waals surface area (Å²) in [5.74, 6) is 0.831. The number of pyridine rings is 1. The van der Waals surface area contributed by atoms with E-state index in [0.717, 1.165) is 63.6 Å². The standard InChI is InChI=1S/C38H39N5O4S/c1-24-22-27(47-21-5-6-25-15-18-39-19-16-25)11-12-28(24)29-13-14-34(41-35(29)37(45)46)43-20-17-26-7-4-8-30(31(26)23-43)36(44)42-38-40-32-9-2-3-10-33(32)48-38/h2-4,7-14,22,25,39H,5-6,15-21,23H2,1H3,(H,45,46)(H,40,42,44). The highest BCUT2D eigenvalue weighted by Gasteiger charge is 2.25. The largest absolute Gasteiger partial charge is 0.494 e. The summed E-state index contributed by atoms with van der Waals surface area (Å²) in [6, 6.07) is 23.1. The molecule has 3 aromatic carbocycles. The van der Waals surface area contributed by atoms with Crippen LogP contribution in [0, 0.1) is 12.8 Å². The van der Waals surface area contributed by atoms with Gasteiger partial charge in [-0.05, 0) is 123 Å². The summed E-state index contributed by atoms with van der Waals surface area (Å²) < 4.78 is 7.07. The fraction of sp³-hybridized carbons (Fsp3) is 0.316. The number of thiazole rings is 1. The number of carbonyl (C=O) groups excluding carboxylic acids is 1. The molecule has 3 N–H and O–H groups in total. The molecule has 0 radical (unpaired) electrons. The minimum atomic E-state index is -1.09. The first-order valence-electron chi connectivity index (χ1n) is 16.6. The number of hydrogen-bond donors (Lipinski definition) is 3. The van der Waals surface area contributed by atoms with Crippen LogP contribution in [0.1, 0.15) is 63.2 Å². The van der Waals surface area contributed by atoms with E-state index in [9.17, 15) is 14.7 Å². The van der Waals surface area contributed by atoms with Crippen molar-refractivity contribution in [3.05, 3.63) is 101 Å². The van der Waals surface area contributed by atoms with Gasteiger partial charge in [0.15, 0.2) is 10.8 Å². The van der Waals surface area contributed by atoms with Crippen LogP contribution in [0.2, 0.25) is 0 Å². The molecule has 1 fully saturated rings. The van der Waals surface area contributed by atoms with E-state index in [-0.39, 0.29) is 11.6 Å². The van der Waals surface area contributed by atoms with Crippen LogP contribution in [0.4, 0.5) is 10.9 Å². The van der Waals surface area contributed by atoms with Gasteiger partial charge in [0.25, 0.3) is 5.91 Å². The van der Waals surface area contributed by atoms with Crippen LogP contribution in [-0.2, 0) is 13.0 Å². The molecule has 4 heterocycles. The van der Waals surface area contributed by atoms with Gasteiger partial charge in [-0.3, -0.25) is 10.1 Å². The minimum Gasteiger partial charge on any atom is -0.494 e. The molecule has 1 saturated heterocycles. The molecule has 246 valence electrons. The molecule has 2 aliphatic heterocycles. The number of amides is 1. The zero-order valence-corrected chi connectivity index (χ0v) is 27.8. The molecule has 0 spiro atoms. The van der Waals surface area contributed by atoms with E-state index in [2.05, 4.69) is 20.6 Å². The summed E-state index contributed by atoms with van der Waals surface area (Å²) in [4.78, 5) is 37.3. The predicted molar refractivity (Wildman–Crippen MR) is 190 cm³/mol. The number of nitrogens with zero attached hydrogens (tertiary/aromatic N) is 3. The zero-order chi connectivity index (χ0) is 33.0. The number of hydrogen-bond acceptors (Lipinski definition) is 8. The Balaban J connectivity index is 1.06. The topological polar surface area (TPSA) is 117 Å². The molecule has 9 nitrogen and oxygen atoms in total. The molecule has 10 heteroatoms. The lowest BCUT2D eigenvalue weighted by atomic mass is 9.93. The van der Waals surface area contributed by atoms with Crippen LogP contribution in [0.3, 0.4) is 0 Å². The average Bonchev–Trinajstić information content (AvgIpc) is 3.52. The molecule has 0 bridgehead atoms. The van der Waals surface area contributed by atoms with Crippen molar-refractivity contribution in [2.45, 2.75) is 45.6 Å². The molecule has 5 aromatic rings. The van der Waals surface area contributed by atoms with Crippen LogP contribution >= 0.6 is 11.3 Å². The summed E-state index contributed by atoms with van der Waals surface area (Å²) in [6.07, 6.45) is 5.39. The highest BCUT2D eigenvalue weighted by molar-refractivity contribution is 7.22. The number of piperidine rings is 1. The number of fused-ring (bicyclic) bond motifs is 2. The number of carbonyl (C=O) groups is 2. The molecule has 1 amide bonds. The van der Waals surface area contributed by atoms with E-state index >= 15 is 0 Å². The van der Waals surface area contributed by atoms with Gasteiger partial charge in [0.1, 0.15) is 11.6 Å². The van der Waals surface area contributed by atoms with E-state index in [1.54, 1.807) is 0 Å². The number of carboxylic acids is 1. The van der Waals surface area contributed by atoms with E-state index in [4.69, 9.17) is 4.74 Å². The Labute approximate surface area is 284 Å². The third-order valence-corrected chi connectivity index (χ3v) is 10.4. The quantitative estimate of drug-likeness (QED) is 0.133. The second-order valence-corrected chi connectivity index (χ2v) is 13.6. The molecular weight excluding hydrogens is 623 g/mol. The average molecular weight is 662 g/mol. The van der Waals surface area contributed by atoms with Gasteiger partial charge in [-0.15, -0.1) is 0 Å². The van der Waals surface area contributed by atoms with E-state index in [1.807, 2.05) is 84.6 Å². The molecule has 0 unspecified atom stereocenters. The lowest BCUT2D eigenvalue weighted by molar-refractivity contribution is 0.0691. The maximum Gasteiger partial charge on any atom is 0.355 e. The van der Waals surface area contributed by atoms with Crippen LogP contribution in [-0.4, -0.2) is 53.2 Å². The number of benzene rings is 3. The van der Waals surface area contributed by atoms with Crippen LogP contribution in [0.25, 0.3) is 21.3 Å². The first-order chi connectivity index (χ1) is 23.4. The van der Waals surface area contributed by atoms with Gasteiger partial charge >= 0.3 is 5.97 Å². The van der Waals surface area contributed by atoms with Crippen molar-refractivity contribution in [2.75, 3.05) is 36.5 Å². The SMILES string of the molecule is Cc1cc(OCCCC2CCNCC2)ccc1-c1ccc(N2CCc3cccc(C(=O)Nc4nc5ccccc5s4)c3C2)nc1C(=O)O. The Morgan fingerprint density at radius 2 is 1.85 bits per heavy atom. The number of ether oxygens (including phenoxy) is 1. The Hall–Kier alpha value is -4.80. The maximum absolute atomic E-state index is 13.5. The van der Waals surface area contributed by atoms with Crippen LogP contribution < -0.4 is 20.3 Å². The van der Waals surface area contributed by atoms with E-state index in [1.165, 1.54) is 30.6 Å². The fourth-order valence-corrected chi connectivity index (χ4v) is 7.71. The molecule has 48 heavy (non-hydrogen) atoms. The number of carboxylic acid groups (broad SMARTS) is 1. The number of anilines is 2. The number of aryl methyl sites for hydroxylation is 1. The Morgan fingerprint density at radius 3 is 2.67 bits per heavy atom. The minimum absolute atomic E-state index is 0.00102. The van der Waals surface area contributed by atoms with Crippen molar-refractivity contribution in [2.24, 2.45) is 5.92 Å². The van der Waals surface area contributed by atoms with E-state index in [0.29, 0.717) is 48.2 Å². The lowest BCUT2D eigenvalue weighted by Crippen LogP contribution is -2.33. The van der Waals surface area contributed by atoms with Crippen LogP contribution in [0.5, 0.6) is 5.75 Å². The van der Waals surface area contributed by atoms with Crippen molar-refractivity contribution >= 4 is 44.4 Å². The Morgan fingerprint density at radius 1 is 1.02 bits per heavy atom. The second-order valence-electron chi connectivity index (χ2n) is 12.6. The van der Waals surface area contributed by atoms with E-state index < -0.39 is 5.97 Å². The maximum atomic E-state index is 13.5. The normalized spacial score (nSPS) is 14.9. The smallest absolute Gasteiger partial charge is 0.355 e. The molecular formula is C38H39N5O4S. The van der Waals surface area contributed by atoms with Gasteiger partial charge in [0.2, 0.25) is 0 Å². The Bertz CT molecular complexity index is 1940. The van der Waals surface area contributed by atoms with Gasteiger partial charge in [0.05, 0.1) is 16.8 Å². The highest BCUT2D eigenvalue weighted by atomic mass is 32.1. The number of rotatable bonds is 10. The summed E-state index contributed by atoms with van der Waals surface area (Å²) in [7, 11) is 0. The first kappa shape index (κ1) is 31.8. The number of nitrogens with one attached hydrogen (secondary N) is 2. The molecule has 2 aromatic heterocycles. The number of aromatic nitrogens is 2. The van der Waals surface area contributed by atoms with Gasteiger partial charge in [-0.25, -0.2) is 14.8 Å². The first-order valence-corrected chi connectivity index (χ1v) is 17.5. The number of aromatic carboxylic acids is 1. The predicted octanol–water partition coefficient (Wildman–Crippen LogP) is 7.34. The summed E-state index contributed by atoms with van der Waals surface area (Å²) in [5.41, 5.74) is 5.74. The van der Waals surface area contributed by atoms with Crippen molar-refractivity contribution in [1.82, 2.24) is 15.3 Å². The molecule has 0 aliphatic carbocycles. The number of para-hydroxylation sites is 1. The van der Waals surface area contributed by atoms with Gasteiger partial charge in [0, 0.05) is 24.2 Å². The van der Waals surface area contributed by atoms with Crippen molar-refractivity contribution in [1.29, 1.82) is 0 Å². The lowest BCUT2D eigenvalue weighted by Gasteiger charge is -2.31. The Kier molecular flexibility index (Phi) is 9.36. The second kappa shape index (κ2) is 14.1. The third kappa shape index (κ3) is 6.90. The molecule has 0 atom stereocenters. The monoisotopic (exact) mass is 661 g/mol. The zero-order valence-electron chi connectivity index (χ0n) is 27.0. The van der Waals surface area contributed by atoms with Crippen molar-refractivity contribution < 1.29 is 19.4 Å². The van der Waals surface area contributed by atoms with Gasteiger partial charge in [-0.2, -0.15) is 0 Å².